The number of halogens is 1. The number of esters is 1. The van der Waals surface area contributed by atoms with E-state index in [1.807, 2.05) is 51.1 Å². The standard InChI is InChI=1S/C26H25BrN4O3/c1-5-6-24-29-23-12-9-20(27)14-22(23)25(32)31(24)28-15-19-13-16(2)30(17(19)3)21-10-7-18(8-11-21)26(33)34-4/h7-15H,5-6H2,1-4H3. The number of methoxy groups -OCH3 is 1. The number of aryl methyl sites for hydroxylation is 2. The molecule has 0 radical (unpaired) electrons. The van der Waals surface area contributed by atoms with Gasteiger partial charge in [0.2, 0.25) is 0 Å². The number of hydrogen-bond donors (Lipinski definition) is 0. The Balaban J connectivity index is 1.75. The molecular formula is C26H25BrN4O3. The van der Waals surface area contributed by atoms with Gasteiger partial charge in [-0.15, -0.1) is 0 Å². The lowest BCUT2D eigenvalue weighted by Crippen LogP contribution is -2.22. The fourth-order valence-corrected chi connectivity index (χ4v) is 4.36. The second-order valence-corrected chi connectivity index (χ2v) is 8.92. The Morgan fingerprint density at radius 1 is 1.15 bits per heavy atom. The van der Waals surface area contributed by atoms with E-state index in [1.165, 1.54) is 11.8 Å². The first-order valence-electron chi connectivity index (χ1n) is 11.0. The summed E-state index contributed by atoms with van der Waals surface area (Å²) < 4.78 is 9.07. The van der Waals surface area contributed by atoms with Crippen LogP contribution in [0.4, 0.5) is 0 Å². The minimum absolute atomic E-state index is 0.196. The van der Waals surface area contributed by atoms with Gasteiger partial charge in [-0.3, -0.25) is 4.79 Å². The van der Waals surface area contributed by atoms with Gasteiger partial charge in [0.1, 0.15) is 5.82 Å². The molecule has 2 aromatic carbocycles. The van der Waals surface area contributed by atoms with Crippen molar-refractivity contribution in [3.63, 3.8) is 0 Å². The summed E-state index contributed by atoms with van der Waals surface area (Å²) in [5.41, 5.74) is 4.74. The van der Waals surface area contributed by atoms with Crippen LogP contribution in [0.2, 0.25) is 0 Å². The molecule has 0 amide bonds. The molecule has 2 aromatic heterocycles. The zero-order chi connectivity index (χ0) is 24.4. The highest BCUT2D eigenvalue weighted by Gasteiger charge is 2.13. The van der Waals surface area contributed by atoms with Crippen LogP contribution in [0.5, 0.6) is 0 Å². The Labute approximate surface area is 205 Å². The van der Waals surface area contributed by atoms with Crippen molar-refractivity contribution in [1.29, 1.82) is 0 Å². The molecule has 0 fully saturated rings. The molecule has 7 nitrogen and oxygen atoms in total. The van der Waals surface area contributed by atoms with E-state index in [4.69, 9.17) is 4.74 Å². The Hall–Kier alpha value is -3.52. The molecule has 8 heteroatoms. The van der Waals surface area contributed by atoms with Crippen LogP contribution < -0.4 is 5.56 Å². The molecular weight excluding hydrogens is 496 g/mol. The van der Waals surface area contributed by atoms with Gasteiger partial charge in [0.25, 0.3) is 5.56 Å². The smallest absolute Gasteiger partial charge is 0.337 e. The predicted molar refractivity (Wildman–Crippen MR) is 137 cm³/mol. The van der Waals surface area contributed by atoms with Gasteiger partial charge in [0.05, 0.1) is 29.8 Å². The van der Waals surface area contributed by atoms with Gasteiger partial charge in [-0.2, -0.15) is 9.78 Å². The summed E-state index contributed by atoms with van der Waals surface area (Å²) in [4.78, 5) is 29.7. The van der Waals surface area contributed by atoms with Crippen LogP contribution in [0.1, 0.15) is 46.5 Å². The maximum absolute atomic E-state index is 13.2. The maximum Gasteiger partial charge on any atom is 0.337 e. The Morgan fingerprint density at radius 3 is 2.56 bits per heavy atom. The molecule has 0 saturated carbocycles. The molecule has 0 aliphatic heterocycles. The van der Waals surface area contributed by atoms with Crippen molar-refractivity contribution < 1.29 is 9.53 Å². The van der Waals surface area contributed by atoms with E-state index in [2.05, 4.69) is 30.6 Å². The average molecular weight is 521 g/mol. The van der Waals surface area contributed by atoms with Crippen molar-refractivity contribution >= 4 is 39.0 Å². The van der Waals surface area contributed by atoms with Crippen LogP contribution in [0.15, 0.2) is 62.9 Å². The van der Waals surface area contributed by atoms with Crippen LogP contribution >= 0.6 is 15.9 Å². The third-order valence-electron chi connectivity index (χ3n) is 5.68. The van der Waals surface area contributed by atoms with Gasteiger partial charge in [-0.1, -0.05) is 22.9 Å². The number of rotatable bonds is 6. The van der Waals surface area contributed by atoms with Gasteiger partial charge in [0.15, 0.2) is 0 Å². The van der Waals surface area contributed by atoms with Gasteiger partial charge in [-0.05, 0) is 68.8 Å². The Kier molecular flexibility index (Phi) is 6.79. The molecule has 0 spiro atoms. The van der Waals surface area contributed by atoms with Gasteiger partial charge in [-0.25, -0.2) is 9.78 Å². The summed E-state index contributed by atoms with van der Waals surface area (Å²) in [5, 5.41) is 5.07. The Bertz CT molecular complexity index is 1470. The fourth-order valence-electron chi connectivity index (χ4n) is 4.00. The van der Waals surface area contributed by atoms with Crippen LogP contribution in [-0.4, -0.2) is 33.5 Å². The molecule has 4 aromatic rings. The maximum atomic E-state index is 13.2. The number of aromatic nitrogens is 3. The number of hydrogen-bond acceptors (Lipinski definition) is 5. The second-order valence-electron chi connectivity index (χ2n) is 8.00. The summed E-state index contributed by atoms with van der Waals surface area (Å²) >= 11 is 3.43. The number of benzene rings is 2. The van der Waals surface area contributed by atoms with Crippen molar-refractivity contribution in [2.24, 2.45) is 5.10 Å². The monoisotopic (exact) mass is 520 g/mol. The molecule has 0 aliphatic rings. The van der Waals surface area contributed by atoms with Crippen LogP contribution in [-0.2, 0) is 11.2 Å². The fraction of sp³-hybridized carbons (Fsp3) is 0.231. The number of ether oxygens (including phenoxy) is 1. The molecule has 0 unspecified atom stereocenters. The molecule has 34 heavy (non-hydrogen) atoms. The SMILES string of the molecule is CCCc1nc2ccc(Br)cc2c(=O)n1N=Cc1cc(C)n(-c2ccc(C(=O)OC)cc2)c1C. The van der Waals surface area contributed by atoms with Crippen LogP contribution in [0.3, 0.4) is 0 Å². The van der Waals surface area contributed by atoms with E-state index in [-0.39, 0.29) is 11.5 Å². The quantitative estimate of drug-likeness (QED) is 0.259. The lowest BCUT2D eigenvalue weighted by molar-refractivity contribution is 0.0600. The van der Waals surface area contributed by atoms with E-state index < -0.39 is 0 Å². The molecule has 0 saturated heterocycles. The summed E-state index contributed by atoms with van der Waals surface area (Å²) in [7, 11) is 1.36. The van der Waals surface area contributed by atoms with E-state index >= 15 is 0 Å². The van der Waals surface area contributed by atoms with E-state index in [0.29, 0.717) is 28.7 Å². The summed E-state index contributed by atoms with van der Waals surface area (Å²) in [6, 6.07) is 14.7. The third kappa shape index (κ3) is 4.46. The summed E-state index contributed by atoms with van der Waals surface area (Å²) in [6.07, 6.45) is 3.19. The molecule has 2 heterocycles. The highest BCUT2D eigenvalue weighted by molar-refractivity contribution is 9.10. The van der Waals surface area contributed by atoms with E-state index in [9.17, 15) is 9.59 Å². The predicted octanol–water partition coefficient (Wildman–Crippen LogP) is 5.19. The summed E-state index contributed by atoms with van der Waals surface area (Å²) in [5.74, 6) is 0.260. The number of nitrogens with zero attached hydrogens (tertiary/aromatic N) is 4. The van der Waals surface area contributed by atoms with E-state index in [0.717, 1.165) is 33.5 Å². The first-order chi connectivity index (χ1) is 16.3. The molecule has 174 valence electrons. The normalized spacial score (nSPS) is 11.4. The lowest BCUT2D eigenvalue weighted by Gasteiger charge is -2.10. The minimum Gasteiger partial charge on any atom is -0.465 e. The second kappa shape index (κ2) is 9.77. The average Bonchev–Trinajstić information content (AvgIpc) is 3.12. The van der Waals surface area contributed by atoms with Crippen LogP contribution in [0, 0.1) is 13.8 Å². The van der Waals surface area contributed by atoms with Crippen LogP contribution in [0.25, 0.3) is 16.6 Å². The van der Waals surface area contributed by atoms with E-state index in [1.54, 1.807) is 24.4 Å². The van der Waals surface area contributed by atoms with Crippen molar-refractivity contribution in [2.75, 3.05) is 7.11 Å². The topological polar surface area (TPSA) is 78.5 Å². The molecule has 0 N–H and O–H groups in total. The van der Waals surface area contributed by atoms with Crippen molar-refractivity contribution in [1.82, 2.24) is 14.2 Å². The number of fused-ring (bicyclic) bond motifs is 1. The molecule has 0 bridgehead atoms. The lowest BCUT2D eigenvalue weighted by atomic mass is 10.2. The third-order valence-corrected chi connectivity index (χ3v) is 6.17. The minimum atomic E-state index is -0.371. The number of carbonyl (C=O) groups excluding carboxylic acids is 1. The Morgan fingerprint density at radius 2 is 1.88 bits per heavy atom. The van der Waals surface area contributed by atoms with Gasteiger partial charge < -0.3 is 9.30 Å². The summed E-state index contributed by atoms with van der Waals surface area (Å²) in [6.45, 7) is 6.04. The molecule has 4 rings (SSSR count). The van der Waals surface area contributed by atoms with Gasteiger partial charge in [0, 0.05) is 33.5 Å². The highest BCUT2D eigenvalue weighted by atomic mass is 79.9. The zero-order valence-corrected chi connectivity index (χ0v) is 21.1. The van der Waals surface area contributed by atoms with Crippen molar-refractivity contribution in [3.8, 4) is 5.69 Å². The van der Waals surface area contributed by atoms with Gasteiger partial charge >= 0.3 is 5.97 Å². The zero-order valence-electron chi connectivity index (χ0n) is 19.5. The highest BCUT2D eigenvalue weighted by Crippen LogP contribution is 2.21. The largest absolute Gasteiger partial charge is 0.465 e. The van der Waals surface area contributed by atoms with Crippen molar-refractivity contribution in [3.05, 3.63) is 91.7 Å². The molecule has 0 aliphatic carbocycles. The first kappa shape index (κ1) is 23.6. The number of carbonyl (C=O) groups is 1. The first-order valence-corrected chi connectivity index (χ1v) is 11.8. The molecule has 0 atom stereocenters. The van der Waals surface area contributed by atoms with Crippen molar-refractivity contribution in [2.45, 2.75) is 33.6 Å².